The van der Waals surface area contributed by atoms with Crippen LogP contribution in [0.15, 0.2) is 60.7 Å². The van der Waals surface area contributed by atoms with Crippen LogP contribution in [0, 0.1) is 5.92 Å². The lowest BCUT2D eigenvalue weighted by atomic mass is 9.98. The van der Waals surface area contributed by atoms with Crippen molar-refractivity contribution in [3.63, 3.8) is 0 Å². The summed E-state index contributed by atoms with van der Waals surface area (Å²) >= 11 is 5.83. The smallest absolute Gasteiger partial charge is 0.344 e. The van der Waals surface area contributed by atoms with Crippen molar-refractivity contribution < 1.29 is 27.6 Å². The Morgan fingerprint density at radius 3 is 2.12 bits per heavy atom. The van der Waals surface area contributed by atoms with E-state index in [1.807, 2.05) is 0 Å². The molecule has 0 aliphatic heterocycles. The van der Waals surface area contributed by atoms with E-state index in [2.05, 4.69) is 10.6 Å². The summed E-state index contributed by atoms with van der Waals surface area (Å²) in [6.07, 6.45) is -2.36. The van der Waals surface area contributed by atoms with Crippen LogP contribution in [0.3, 0.4) is 0 Å². The average Bonchev–Trinajstić information content (AvgIpc) is 2.76. The Hall–Kier alpha value is -3.13. The van der Waals surface area contributed by atoms with Crippen LogP contribution in [-0.4, -0.2) is 35.9 Å². The lowest BCUT2D eigenvalue weighted by molar-refractivity contribution is -0.175. The number of hydrogen-bond acceptors (Lipinski definition) is 3. The van der Waals surface area contributed by atoms with Crippen molar-refractivity contribution in [3.8, 4) is 0 Å². The predicted molar refractivity (Wildman–Crippen MR) is 120 cm³/mol. The molecule has 0 heterocycles. The number of carbonyl (C=O) groups excluding carboxylic acids is 3. The minimum atomic E-state index is -5.10. The molecule has 0 bridgehead atoms. The summed E-state index contributed by atoms with van der Waals surface area (Å²) in [7, 11) is 0. The van der Waals surface area contributed by atoms with Gasteiger partial charge in [-0.15, -0.1) is 0 Å². The molecule has 2 N–H and O–H groups in total. The summed E-state index contributed by atoms with van der Waals surface area (Å²) in [5.41, 5.74) is 1.37. The first-order valence-electron chi connectivity index (χ1n) is 10.2. The normalized spacial score (nSPS) is 13.5. The van der Waals surface area contributed by atoms with Crippen molar-refractivity contribution in [2.75, 3.05) is 0 Å². The highest BCUT2D eigenvalue weighted by Crippen LogP contribution is 2.21. The Balaban J connectivity index is 2.19. The molecule has 9 heteroatoms. The van der Waals surface area contributed by atoms with E-state index in [1.54, 1.807) is 54.6 Å². The van der Waals surface area contributed by atoms with Gasteiger partial charge in [0.25, 0.3) is 5.78 Å². The van der Waals surface area contributed by atoms with Crippen LogP contribution in [0.1, 0.15) is 25.0 Å². The number of ketones is 1. The lowest BCUT2D eigenvalue weighted by Crippen LogP contribution is -2.55. The maximum atomic E-state index is 13.0. The fraction of sp³-hybridized carbons (Fsp3) is 0.292. The number of alkyl halides is 3. The van der Waals surface area contributed by atoms with Crippen molar-refractivity contribution in [1.82, 2.24) is 10.6 Å². The van der Waals surface area contributed by atoms with Gasteiger partial charge in [0.1, 0.15) is 6.04 Å². The topological polar surface area (TPSA) is 75.3 Å². The van der Waals surface area contributed by atoms with Gasteiger partial charge in [-0.1, -0.05) is 67.9 Å². The van der Waals surface area contributed by atoms with Crippen LogP contribution < -0.4 is 10.6 Å². The molecule has 2 atom stereocenters. The third-order valence-electron chi connectivity index (χ3n) is 4.74. The van der Waals surface area contributed by atoms with Gasteiger partial charge in [0.05, 0.1) is 6.04 Å². The molecule has 2 aromatic carbocycles. The van der Waals surface area contributed by atoms with Gasteiger partial charge in [-0.3, -0.25) is 14.4 Å². The summed E-state index contributed by atoms with van der Waals surface area (Å²) in [6, 6.07) is 12.4. The molecule has 1 unspecified atom stereocenters. The maximum Gasteiger partial charge on any atom is 0.452 e. The summed E-state index contributed by atoms with van der Waals surface area (Å²) < 4.78 is 38.9. The van der Waals surface area contributed by atoms with Crippen molar-refractivity contribution in [2.45, 2.75) is 38.5 Å². The second-order valence-electron chi connectivity index (χ2n) is 7.73. The summed E-state index contributed by atoms with van der Waals surface area (Å²) in [4.78, 5) is 37.1. The second-order valence-corrected chi connectivity index (χ2v) is 8.16. The van der Waals surface area contributed by atoms with Crippen LogP contribution in [0.4, 0.5) is 13.2 Å². The van der Waals surface area contributed by atoms with Crippen molar-refractivity contribution in [1.29, 1.82) is 0 Å². The van der Waals surface area contributed by atoms with Crippen LogP contribution in [-0.2, 0) is 20.8 Å². The van der Waals surface area contributed by atoms with Crippen LogP contribution in [0.5, 0.6) is 0 Å². The zero-order valence-corrected chi connectivity index (χ0v) is 18.8. The van der Waals surface area contributed by atoms with Gasteiger partial charge in [-0.05, 0) is 35.3 Å². The Labute approximate surface area is 195 Å². The molecular weight excluding hydrogens is 457 g/mol. The predicted octanol–water partition coefficient (Wildman–Crippen LogP) is 4.35. The molecule has 33 heavy (non-hydrogen) atoms. The molecule has 2 aromatic rings. The van der Waals surface area contributed by atoms with Crippen LogP contribution >= 0.6 is 11.6 Å². The van der Waals surface area contributed by atoms with Gasteiger partial charge in [-0.2, -0.15) is 13.2 Å². The molecule has 0 radical (unpaired) electrons. The SMILES string of the molecule is CC(C)[C@H](NC(=O)C(Cc1ccccc1)NC(=O)/C=C/c1ccc(Cl)cc1)C(=O)C(F)(F)F. The number of carbonyl (C=O) groups is 3. The Bertz CT molecular complexity index is 990. The lowest BCUT2D eigenvalue weighted by Gasteiger charge is -2.25. The summed E-state index contributed by atoms with van der Waals surface area (Å²) in [6.45, 7) is 2.79. The summed E-state index contributed by atoms with van der Waals surface area (Å²) in [5, 5.41) is 5.21. The van der Waals surface area contributed by atoms with E-state index in [0.717, 1.165) is 0 Å². The number of nitrogens with one attached hydrogen (secondary N) is 2. The highest BCUT2D eigenvalue weighted by molar-refractivity contribution is 6.30. The molecule has 0 aliphatic rings. The van der Waals surface area contributed by atoms with Gasteiger partial charge in [0.2, 0.25) is 11.8 Å². The van der Waals surface area contributed by atoms with E-state index in [4.69, 9.17) is 11.6 Å². The maximum absolute atomic E-state index is 13.0. The first-order chi connectivity index (χ1) is 15.5. The van der Waals surface area contributed by atoms with E-state index in [-0.39, 0.29) is 6.42 Å². The number of Topliss-reactive ketones (excluding diaryl/α,β-unsaturated/α-hetero) is 1. The van der Waals surface area contributed by atoms with E-state index in [0.29, 0.717) is 16.1 Å². The first kappa shape index (κ1) is 26.1. The molecule has 0 fully saturated rings. The standard InChI is InChI=1S/C24H24ClF3N2O3/c1-15(2)21(22(32)24(26,27)28)30-23(33)19(14-17-6-4-3-5-7-17)29-20(31)13-10-16-8-11-18(25)12-9-16/h3-13,15,19,21H,14H2,1-2H3,(H,29,31)(H,30,33)/b13-10+/t19?,21-/m0/s1. The fourth-order valence-corrected chi connectivity index (χ4v) is 3.12. The highest BCUT2D eigenvalue weighted by atomic mass is 35.5. The van der Waals surface area contributed by atoms with Crippen molar-refractivity contribution in [3.05, 3.63) is 76.8 Å². The highest BCUT2D eigenvalue weighted by Gasteiger charge is 2.45. The number of rotatable bonds is 9. The minimum absolute atomic E-state index is 0.0260. The third-order valence-corrected chi connectivity index (χ3v) is 4.99. The molecule has 0 saturated heterocycles. The van der Waals surface area contributed by atoms with E-state index in [1.165, 1.54) is 26.0 Å². The minimum Gasteiger partial charge on any atom is -0.344 e. The molecule has 2 rings (SSSR count). The van der Waals surface area contributed by atoms with Crippen molar-refractivity contribution in [2.24, 2.45) is 5.92 Å². The molecule has 176 valence electrons. The van der Waals surface area contributed by atoms with Crippen LogP contribution in [0.2, 0.25) is 5.02 Å². The molecule has 0 saturated carbocycles. The monoisotopic (exact) mass is 480 g/mol. The quantitative estimate of drug-likeness (QED) is 0.524. The van der Waals surface area contributed by atoms with Gasteiger partial charge >= 0.3 is 6.18 Å². The van der Waals surface area contributed by atoms with E-state index in [9.17, 15) is 27.6 Å². The zero-order valence-electron chi connectivity index (χ0n) is 18.0. The number of amides is 2. The third kappa shape index (κ3) is 8.38. The van der Waals surface area contributed by atoms with Gasteiger partial charge in [0, 0.05) is 17.5 Å². The molecule has 0 aromatic heterocycles. The fourth-order valence-electron chi connectivity index (χ4n) is 2.99. The largest absolute Gasteiger partial charge is 0.452 e. The Kier molecular flexibility index (Phi) is 9.22. The molecule has 5 nitrogen and oxygen atoms in total. The molecular formula is C24H24ClF3N2O3. The van der Waals surface area contributed by atoms with Crippen molar-refractivity contribution >= 4 is 35.3 Å². The second kappa shape index (κ2) is 11.7. The average molecular weight is 481 g/mol. The number of hydrogen-bond donors (Lipinski definition) is 2. The van der Waals surface area contributed by atoms with E-state index < -0.39 is 41.8 Å². The Morgan fingerprint density at radius 2 is 1.58 bits per heavy atom. The first-order valence-corrected chi connectivity index (χ1v) is 10.5. The Morgan fingerprint density at radius 1 is 0.970 bits per heavy atom. The summed E-state index contributed by atoms with van der Waals surface area (Å²) in [5.74, 6) is -4.35. The number of halogens is 4. The van der Waals surface area contributed by atoms with Crippen LogP contribution in [0.25, 0.3) is 6.08 Å². The van der Waals surface area contributed by atoms with E-state index >= 15 is 0 Å². The molecule has 0 aliphatic carbocycles. The molecule has 2 amide bonds. The molecule has 0 spiro atoms. The zero-order chi connectivity index (χ0) is 24.6. The van der Waals surface area contributed by atoms with Gasteiger partial charge in [-0.25, -0.2) is 0 Å². The van der Waals surface area contributed by atoms with Gasteiger partial charge in [0.15, 0.2) is 0 Å². The van der Waals surface area contributed by atoms with Gasteiger partial charge < -0.3 is 10.6 Å². The number of benzene rings is 2.